The van der Waals surface area contributed by atoms with E-state index in [-0.39, 0.29) is 21.5 Å². The zero-order valence-corrected chi connectivity index (χ0v) is 21.7. The van der Waals surface area contributed by atoms with E-state index in [0.29, 0.717) is 17.1 Å². The molecule has 182 valence electrons. The Morgan fingerprint density at radius 3 is 1.75 bits per heavy atom. The Bertz CT molecular complexity index is 1420. The van der Waals surface area contributed by atoms with Crippen molar-refractivity contribution in [2.45, 2.75) is 71.5 Å². The van der Waals surface area contributed by atoms with E-state index in [9.17, 15) is 8.42 Å². The van der Waals surface area contributed by atoms with Crippen molar-refractivity contribution in [1.29, 1.82) is 0 Å². The van der Waals surface area contributed by atoms with E-state index in [1.807, 2.05) is 19.1 Å². The highest BCUT2D eigenvalue weighted by Gasteiger charge is 2.80. The van der Waals surface area contributed by atoms with Gasteiger partial charge >= 0.3 is 0 Å². The number of benzene rings is 3. The molecule has 6 atom stereocenters. The summed E-state index contributed by atoms with van der Waals surface area (Å²) >= 11 is 1.64. The van der Waals surface area contributed by atoms with Gasteiger partial charge in [0.25, 0.3) is 15.3 Å². The zero-order valence-electron chi connectivity index (χ0n) is 20.1. The number of sulfonamides is 1. The fourth-order valence-electron chi connectivity index (χ4n) is 8.59. The quantitative estimate of drug-likeness (QED) is 0.386. The van der Waals surface area contributed by atoms with E-state index in [1.165, 1.54) is 22.3 Å². The van der Waals surface area contributed by atoms with Gasteiger partial charge in [-0.25, -0.2) is 0 Å². The molecule has 2 spiro atoms. The highest BCUT2D eigenvalue weighted by molar-refractivity contribution is 8.15. The smallest absolute Gasteiger partial charge is 0.286 e. The molecule has 0 N–H and O–H groups in total. The number of hydrogen-bond donors (Lipinski definition) is 0. The van der Waals surface area contributed by atoms with Crippen LogP contribution in [0.3, 0.4) is 0 Å². The molecular weight excluding hydrogens is 486 g/mol. The van der Waals surface area contributed by atoms with E-state index < -0.39 is 15.6 Å². The van der Waals surface area contributed by atoms with Crippen molar-refractivity contribution in [1.82, 2.24) is 0 Å². The Labute approximate surface area is 216 Å². The Morgan fingerprint density at radius 2 is 1.22 bits per heavy atom. The van der Waals surface area contributed by atoms with E-state index in [4.69, 9.17) is 4.74 Å². The van der Waals surface area contributed by atoms with Crippen LogP contribution in [-0.4, -0.2) is 24.0 Å². The van der Waals surface area contributed by atoms with Crippen LogP contribution in [0.5, 0.6) is 0 Å². The standard InChI is InChI=1S/C30H27NO3S2/c1-18-10-12-19(13-11-18)36(32,33)31-28-34-29(24-14-15-25(29)21-7-3-2-6-20(21)24)30(35-28)26-16-17-27(30)23-9-5-4-8-22(23)26/h2-13,24-27H,14-17H2,1H3/b31-28-/t24-,25+,26-,27+,29?,30?. The van der Waals surface area contributed by atoms with Gasteiger partial charge in [-0.15, -0.1) is 4.40 Å². The van der Waals surface area contributed by atoms with Crippen LogP contribution in [0.2, 0.25) is 0 Å². The molecule has 1 heterocycles. The average molecular weight is 514 g/mol. The van der Waals surface area contributed by atoms with E-state index in [2.05, 4.69) is 52.9 Å². The molecule has 3 fully saturated rings. The molecule has 0 aromatic heterocycles. The number of fused-ring (bicyclic) bond motifs is 6. The van der Waals surface area contributed by atoms with Gasteiger partial charge in [-0.1, -0.05) is 78.0 Å². The second kappa shape index (κ2) is 7.05. The summed E-state index contributed by atoms with van der Waals surface area (Å²) in [7, 11) is -3.87. The minimum absolute atomic E-state index is 0.218. The monoisotopic (exact) mass is 513 g/mol. The summed E-state index contributed by atoms with van der Waals surface area (Å²) in [5.74, 6) is 1.21. The van der Waals surface area contributed by atoms with Crippen LogP contribution >= 0.6 is 11.8 Å². The molecule has 0 amide bonds. The van der Waals surface area contributed by atoms with Gasteiger partial charge in [0.1, 0.15) is 5.60 Å². The predicted octanol–water partition coefficient (Wildman–Crippen LogP) is 6.63. The van der Waals surface area contributed by atoms with Crippen LogP contribution in [0.25, 0.3) is 0 Å². The summed E-state index contributed by atoms with van der Waals surface area (Å²) in [6, 6.07) is 24.6. The maximum atomic E-state index is 13.4. The molecule has 2 unspecified atom stereocenters. The third-order valence-corrected chi connectivity index (χ3v) is 12.7. The lowest BCUT2D eigenvalue weighted by atomic mass is 9.70. The number of nitrogens with zero attached hydrogens (tertiary/aromatic N) is 1. The number of aryl methyl sites for hydroxylation is 1. The second-order valence-corrected chi connectivity index (χ2v) is 13.9. The third kappa shape index (κ3) is 2.43. The molecule has 1 aliphatic heterocycles. The van der Waals surface area contributed by atoms with Gasteiger partial charge in [0.15, 0.2) is 0 Å². The predicted molar refractivity (Wildman–Crippen MR) is 142 cm³/mol. The highest BCUT2D eigenvalue weighted by atomic mass is 32.2. The van der Waals surface area contributed by atoms with Gasteiger partial charge in [-0.05, 0) is 67.0 Å². The van der Waals surface area contributed by atoms with Crippen LogP contribution in [0.15, 0.2) is 82.1 Å². The summed E-state index contributed by atoms with van der Waals surface area (Å²) in [5.41, 5.74) is 6.21. The van der Waals surface area contributed by atoms with Gasteiger partial charge in [-0.2, -0.15) is 8.42 Å². The lowest BCUT2D eigenvalue weighted by Crippen LogP contribution is -2.53. The summed E-state index contributed by atoms with van der Waals surface area (Å²) in [4.78, 5) is 0.218. The zero-order chi connectivity index (χ0) is 24.3. The van der Waals surface area contributed by atoms with Crippen LogP contribution in [-0.2, 0) is 14.8 Å². The van der Waals surface area contributed by atoms with Crippen molar-refractivity contribution in [3.8, 4) is 0 Å². The van der Waals surface area contributed by atoms with Crippen molar-refractivity contribution < 1.29 is 13.2 Å². The van der Waals surface area contributed by atoms with E-state index in [1.54, 1.807) is 23.9 Å². The molecule has 5 aliphatic rings. The van der Waals surface area contributed by atoms with E-state index >= 15 is 0 Å². The number of hydrogen-bond acceptors (Lipinski definition) is 4. The normalized spacial score (nSPS) is 36.1. The molecule has 36 heavy (non-hydrogen) atoms. The second-order valence-electron chi connectivity index (χ2n) is 11.1. The molecule has 6 heteroatoms. The number of ether oxygens (including phenoxy) is 1. The van der Waals surface area contributed by atoms with Crippen molar-refractivity contribution in [3.63, 3.8) is 0 Å². The van der Waals surface area contributed by atoms with E-state index in [0.717, 1.165) is 31.2 Å². The SMILES string of the molecule is Cc1ccc(S(=O)(=O)/N=C2/OC3([C@@H]4CC[C@H]3c3ccccc34)C3(S2)[C@@H]2CC[C@H]3c3ccccc32)cc1. The minimum atomic E-state index is -3.87. The van der Waals surface area contributed by atoms with Crippen LogP contribution < -0.4 is 0 Å². The molecule has 3 aromatic carbocycles. The number of thioether (sulfide) groups is 1. The summed E-state index contributed by atoms with van der Waals surface area (Å²) < 4.78 is 38.0. The van der Waals surface area contributed by atoms with Crippen molar-refractivity contribution in [2.75, 3.05) is 0 Å². The molecular formula is C30H27NO3S2. The summed E-state index contributed by atoms with van der Waals surface area (Å²) in [6.45, 7) is 1.95. The molecule has 4 aliphatic carbocycles. The fourth-order valence-corrected chi connectivity index (χ4v) is 11.6. The first-order valence-corrected chi connectivity index (χ1v) is 15.2. The first-order valence-electron chi connectivity index (χ1n) is 12.9. The molecule has 3 aromatic rings. The van der Waals surface area contributed by atoms with Gasteiger partial charge in [0, 0.05) is 23.7 Å². The van der Waals surface area contributed by atoms with Crippen LogP contribution in [0, 0.1) is 6.92 Å². The number of rotatable bonds is 2. The lowest BCUT2D eigenvalue weighted by Gasteiger charge is -2.45. The lowest BCUT2D eigenvalue weighted by molar-refractivity contribution is 0.0101. The Morgan fingerprint density at radius 1 is 0.750 bits per heavy atom. The van der Waals surface area contributed by atoms with Gasteiger partial charge in [0.2, 0.25) is 0 Å². The molecule has 4 bridgehead atoms. The Balaban J connectivity index is 1.33. The van der Waals surface area contributed by atoms with Gasteiger partial charge < -0.3 is 4.74 Å². The average Bonchev–Trinajstić information content (AvgIpc) is 3.65. The molecule has 8 rings (SSSR count). The van der Waals surface area contributed by atoms with Crippen LogP contribution in [0.1, 0.15) is 77.2 Å². The summed E-state index contributed by atoms with van der Waals surface area (Å²) in [5, 5.41) is 0.338. The van der Waals surface area contributed by atoms with Gasteiger partial charge in [-0.3, -0.25) is 0 Å². The highest BCUT2D eigenvalue weighted by Crippen LogP contribution is 2.80. The van der Waals surface area contributed by atoms with Crippen molar-refractivity contribution >= 4 is 27.0 Å². The molecule has 0 radical (unpaired) electrons. The topological polar surface area (TPSA) is 55.7 Å². The first kappa shape index (κ1) is 21.5. The molecule has 2 saturated carbocycles. The third-order valence-electron chi connectivity index (χ3n) is 9.69. The molecule has 4 nitrogen and oxygen atoms in total. The largest absolute Gasteiger partial charge is 0.463 e. The van der Waals surface area contributed by atoms with Crippen molar-refractivity contribution in [2.24, 2.45) is 4.40 Å². The minimum Gasteiger partial charge on any atom is -0.463 e. The maximum absolute atomic E-state index is 13.4. The Hall–Kier alpha value is -2.57. The Kier molecular flexibility index (Phi) is 4.21. The summed E-state index contributed by atoms with van der Waals surface area (Å²) in [6.07, 6.45) is 4.40. The van der Waals surface area contributed by atoms with Crippen molar-refractivity contribution in [3.05, 3.63) is 101 Å². The first-order chi connectivity index (χ1) is 17.5. The van der Waals surface area contributed by atoms with Crippen LogP contribution in [0.4, 0.5) is 0 Å². The van der Waals surface area contributed by atoms with Gasteiger partial charge in [0.05, 0.1) is 9.64 Å². The molecule has 1 saturated heterocycles. The maximum Gasteiger partial charge on any atom is 0.286 e. The fraction of sp³-hybridized carbons (Fsp3) is 0.367.